The predicted molar refractivity (Wildman–Crippen MR) is 53.3 cm³/mol. The molecule has 0 aliphatic carbocycles. The average molecular weight is 202 g/mol. The zero-order valence-corrected chi connectivity index (χ0v) is 8.29. The molecule has 0 aromatic carbocycles. The fourth-order valence-corrected chi connectivity index (χ4v) is 1.28. The molecule has 0 bridgehead atoms. The molecule has 2 aromatic rings. The van der Waals surface area contributed by atoms with Gasteiger partial charge in [0.1, 0.15) is 0 Å². The number of hydrogen-bond acceptors (Lipinski definition) is 4. The summed E-state index contributed by atoms with van der Waals surface area (Å²) in [5.74, 6) is 0.00333. The van der Waals surface area contributed by atoms with Gasteiger partial charge in [0.25, 0.3) is 0 Å². The van der Waals surface area contributed by atoms with Crippen LogP contribution in [0.15, 0.2) is 30.7 Å². The van der Waals surface area contributed by atoms with Crippen molar-refractivity contribution in [2.24, 2.45) is 7.05 Å². The quantitative estimate of drug-likeness (QED) is 0.685. The van der Waals surface area contributed by atoms with Crippen molar-refractivity contribution < 1.29 is 4.79 Å². The van der Waals surface area contributed by atoms with Crippen molar-refractivity contribution in [2.45, 2.75) is 6.42 Å². The molecule has 15 heavy (non-hydrogen) atoms. The Labute approximate surface area is 86.8 Å². The van der Waals surface area contributed by atoms with Crippen LogP contribution in [0.1, 0.15) is 16.1 Å². The van der Waals surface area contributed by atoms with Gasteiger partial charge in [-0.15, -0.1) is 0 Å². The number of carbonyl (C=O) groups excluding carboxylic acids is 1. The third kappa shape index (κ3) is 2.25. The Kier molecular flexibility index (Phi) is 2.53. The standard InChI is InChI=1S/C10H10N4O/c1-14-5-3-9(13-14)6-10(15)8-2-4-11-12-7-8/h2-5,7H,6H2,1H3. The SMILES string of the molecule is Cn1ccc(CC(=O)c2ccnnc2)n1. The molecular formula is C10H10N4O. The van der Waals surface area contributed by atoms with Crippen LogP contribution in [0, 0.1) is 0 Å². The number of rotatable bonds is 3. The second kappa shape index (κ2) is 4.00. The molecule has 0 N–H and O–H groups in total. The van der Waals surface area contributed by atoms with Gasteiger partial charge in [-0.05, 0) is 12.1 Å². The molecule has 0 saturated carbocycles. The van der Waals surface area contributed by atoms with E-state index < -0.39 is 0 Å². The first-order valence-electron chi connectivity index (χ1n) is 4.54. The summed E-state index contributed by atoms with van der Waals surface area (Å²) in [7, 11) is 1.82. The topological polar surface area (TPSA) is 60.7 Å². The lowest BCUT2D eigenvalue weighted by molar-refractivity contribution is 0.0991. The first-order chi connectivity index (χ1) is 7.25. The fourth-order valence-electron chi connectivity index (χ4n) is 1.28. The van der Waals surface area contributed by atoms with E-state index >= 15 is 0 Å². The van der Waals surface area contributed by atoms with E-state index in [0.717, 1.165) is 5.69 Å². The first kappa shape index (κ1) is 9.51. The maximum Gasteiger partial charge on any atom is 0.170 e. The summed E-state index contributed by atoms with van der Waals surface area (Å²) >= 11 is 0. The average Bonchev–Trinajstić information content (AvgIpc) is 2.65. The number of aryl methyl sites for hydroxylation is 1. The fraction of sp³-hybridized carbons (Fsp3) is 0.200. The number of carbonyl (C=O) groups is 1. The zero-order chi connectivity index (χ0) is 10.7. The Balaban J connectivity index is 2.11. The van der Waals surface area contributed by atoms with E-state index in [9.17, 15) is 4.79 Å². The number of hydrogen-bond donors (Lipinski definition) is 0. The van der Waals surface area contributed by atoms with Gasteiger partial charge >= 0.3 is 0 Å². The summed E-state index contributed by atoms with van der Waals surface area (Å²) in [6.45, 7) is 0. The van der Waals surface area contributed by atoms with Gasteiger partial charge in [-0.1, -0.05) is 0 Å². The predicted octanol–water partition coefficient (Wildman–Crippen LogP) is 0.635. The Morgan fingerprint density at radius 3 is 2.87 bits per heavy atom. The van der Waals surface area contributed by atoms with E-state index in [4.69, 9.17) is 0 Å². The second-order valence-electron chi connectivity index (χ2n) is 3.21. The number of Topliss-reactive ketones (excluding diaryl/α,β-unsaturated/α-hetero) is 1. The van der Waals surface area contributed by atoms with Crippen LogP contribution < -0.4 is 0 Å². The molecule has 2 rings (SSSR count). The molecule has 2 heterocycles. The van der Waals surface area contributed by atoms with E-state index in [1.54, 1.807) is 10.7 Å². The van der Waals surface area contributed by atoms with Crippen LogP contribution in [-0.4, -0.2) is 25.8 Å². The van der Waals surface area contributed by atoms with Gasteiger partial charge in [-0.3, -0.25) is 9.48 Å². The molecule has 0 spiro atoms. The van der Waals surface area contributed by atoms with Gasteiger partial charge in [0.15, 0.2) is 5.78 Å². The van der Waals surface area contributed by atoms with Crippen LogP contribution >= 0.6 is 0 Å². The largest absolute Gasteiger partial charge is 0.294 e. The van der Waals surface area contributed by atoms with E-state index in [-0.39, 0.29) is 5.78 Å². The summed E-state index contributed by atoms with van der Waals surface area (Å²) < 4.78 is 1.67. The molecule has 0 amide bonds. The lowest BCUT2D eigenvalue weighted by atomic mass is 10.1. The van der Waals surface area contributed by atoms with Crippen molar-refractivity contribution in [3.05, 3.63) is 42.0 Å². The van der Waals surface area contributed by atoms with Crippen LogP contribution in [0.2, 0.25) is 0 Å². The summed E-state index contributed by atoms with van der Waals surface area (Å²) in [5, 5.41) is 11.4. The minimum absolute atomic E-state index is 0.00333. The normalized spacial score (nSPS) is 10.2. The van der Waals surface area contributed by atoms with Crippen molar-refractivity contribution >= 4 is 5.78 Å². The second-order valence-corrected chi connectivity index (χ2v) is 3.21. The summed E-state index contributed by atoms with van der Waals surface area (Å²) in [4.78, 5) is 11.7. The Morgan fingerprint density at radius 2 is 2.27 bits per heavy atom. The van der Waals surface area contributed by atoms with Crippen molar-refractivity contribution in [2.75, 3.05) is 0 Å². The molecule has 0 aliphatic rings. The Bertz CT molecular complexity index is 463. The Morgan fingerprint density at radius 1 is 1.40 bits per heavy atom. The van der Waals surface area contributed by atoms with Crippen molar-refractivity contribution in [1.82, 2.24) is 20.0 Å². The van der Waals surface area contributed by atoms with Gasteiger partial charge in [0.2, 0.25) is 0 Å². The minimum Gasteiger partial charge on any atom is -0.294 e. The molecule has 0 fully saturated rings. The molecule has 2 aromatic heterocycles. The zero-order valence-electron chi connectivity index (χ0n) is 8.29. The number of nitrogens with zero attached hydrogens (tertiary/aromatic N) is 4. The molecule has 5 nitrogen and oxygen atoms in total. The van der Waals surface area contributed by atoms with Gasteiger partial charge in [-0.2, -0.15) is 15.3 Å². The van der Waals surface area contributed by atoms with E-state index in [1.807, 2.05) is 19.3 Å². The summed E-state index contributed by atoms with van der Waals surface area (Å²) in [6.07, 6.45) is 5.08. The molecule has 76 valence electrons. The lowest BCUT2D eigenvalue weighted by Gasteiger charge is -1.96. The summed E-state index contributed by atoms with van der Waals surface area (Å²) in [5.41, 5.74) is 1.33. The molecule has 0 saturated heterocycles. The maximum atomic E-state index is 11.7. The lowest BCUT2D eigenvalue weighted by Crippen LogP contribution is -2.05. The maximum absolute atomic E-state index is 11.7. The van der Waals surface area contributed by atoms with Crippen molar-refractivity contribution in [1.29, 1.82) is 0 Å². The third-order valence-corrected chi connectivity index (χ3v) is 2.02. The van der Waals surface area contributed by atoms with Gasteiger partial charge in [0.05, 0.1) is 24.5 Å². The molecule has 0 radical (unpaired) electrons. The van der Waals surface area contributed by atoms with Crippen molar-refractivity contribution in [3.8, 4) is 0 Å². The van der Waals surface area contributed by atoms with Crippen LogP contribution in [0.5, 0.6) is 0 Å². The van der Waals surface area contributed by atoms with Gasteiger partial charge < -0.3 is 0 Å². The monoisotopic (exact) mass is 202 g/mol. The van der Waals surface area contributed by atoms with E-state index in [1.165, 1.54) is 12.4 Å². The van der Waals surface area contributed by atoms with E-state index in [0.29, 0.717) is 12.0 Å². The van der Waals surface area contributed by atoms with Gasteiger partial charge in [-0.25, -0.2) is 0 Å². The highest BCUT2D eigenvalue weighted by molar-refractivity contribution is 5.96. The Hall–Kier alpha value is -2.04. The highest BCUT2D eigenvalue weighted by atomic mass is 16.1. The van der Waals surface area contributed by atoms with Crippen molar-refractivity contribution in [3.63, 3.8) is 0 Å². The smallest absolute Gasteiger partial charge is 0.170 e. The van der Waals surface area contributed by atoms with Crippen LogP contribution in [0.4, 0.5) is 0 Å². The van der Waals surface area contributed by atoms with Crippen LogP contribution in [0.25, 0.3) is 0 Å². The highest BCUT2D eigenvalue weighted by Gasteiger charge is 2.08. The summed E-state index contributed by atoms with van der Waals surface area (Å²) in [6, 6.07) is 3.48. The molecular weight excluding hydrogens is 192 g/mol. The van der Waals surface area contributed by atoms with Crippen LogP contribution in [0.3, 0.4) is 0 Å². The van der Waals surface area contributed by atoms with E-state index in [2.05, 4.69) is 15.3 Å². The molecule has 0 atom stereocenters. The van der Waals surface area contributed by atoms with Gasteiger partial charge in [0, 0.05) is 18.8 Å². The highest BCUT2D eigenvalue weighted by Crippen LogP contribution is 2.03. The molecule has 0 unspecified atom stereocenters. The molecule has 0 aliphatic heterocycles. The number of aromatic nitrogens is 4. The third-order valence-electron chi connectivity index (χ3n) is 2.02. The number of ketones is 1. The first-order valence-corrected chi connectivity index (χ1v) is 4.54. The molecule has 5 heteroatoms. The van der Waals surface area contributed by atoms with Crippen LogP contribution in [-0.2, 0) is 13.5 Å². The minimum atomic E-state index is 0.00333.